The van der Waals surface area contributed by atoms with E-state index in [1.807, 2.05) is 38.3 Å². The Morgan fingerprint density at radius 2 is 2.17 bits per heavy atom. The summed E-state index contributed by atoms with van der Waals surface area (Å²) in [7, 11) is 1.61. The average molecular weight is 352 g/mol. The number of ether oxygens (including phenoxy) is 1. The zero-order valence-electron chi connectivity index (χ0n) is 13.4. The van der Waals surface area contributed by atoms with Crippen LogP contribution in [-0.2, 0) is 0 Å². The van der Waals surface area contributed by atoms with E-state index in [4.69, 9.17) is 16.3 Å². The summed E-state index contributed by atoms with van der Waals surface area (Å²) < 4.78 is 5.36. The average Bonchev–Trinajstić information content (AvgIpc) is 2.55. The minimum Gasteiger partial charge on any atom is -0.496 e. The molecular formula is C16H18ClN3O2S. The van der Waals surface area contributed by atoms with E-state index >= 15 is 0 Å². The molecule has 1 aromatic heterocycles. The van der Waals surface area contributed by atoms with Crippen molar-refractivity contribution in [2.45, 2.75) is 25.0 Å². The van der Waals surface area contributed by atoms with Crippen LogP contribution in [0, 0.1) is 6.92 Å². The number of nitrogens with zero attached hydrogens (tertiary/aromatic N) is 2. The number of carbonyl (C=O) groups is 1. The van der Waals surface area contributed by atoms with Gasteiger partial charge in [-0.25, -0.2) is 9.97 Å². The predicted octanol–water partition coefficient (Wildman–Crippen LogP) is 3.66. The number of halogens is 1. The van der Waals surface area contributed by atoms with Gasteiger partial charge in [-0.1, -0.05) is 41.1 Å². The van der Waals surface area contributed by atoms with Gasteiger partial charge in [0.2, 0.25) is 0 Å². The van der Waals surface area contributed by atoms with Gasteiger partial charge in [0.05, 0.1) is 24.4 Å². The summed E-state index contributed by atoms with van der Waals surface area (Å²) in [6.07, 6.45) is 3.28. The smallest absolute Gasteiger partial charge is 0.272 e. The third-order valence-electron chi connectivity index (χ3n) is 3.32. The molecule has 2 aromatic rings. The monoisotopic (exact) mass is 351 g/mol. The summed E-state index contributed by atoms with van der Waals surface area (Å²) in [5, 5.41) is 3.63. The fourth-order valence-corrected chi connectivity index (χ4v) is 2.66. The minimum atomic E-state index is -0.344. The highest BCUT2D eigenvalue weighted by molar-refractivity contribution is 7.98. The van der Waals surface area contributed by atoms with E-state index in [2.05, 4.69) is 15.3 Å². The van der Waals surface area contributed by atoms with Crippen molar-refractivity contribution >= 4 is 29.3 Å². The molecule has 1 unspecified atom stereocenters. The molecule has 0 fully saturated rings. The van der Waals surface area contributed by atoms with Crippen molar-refractivity contribution in [2.75, 3.05) is 13.4 Å². The molecule has 0 radical (unpaired) electrons. The fourth-order valence-electron chi connectivity index (χ4n) is 2.14. The number of nitrogens with one attached hydrogen (secondary N) is 1. The molecule has 122 valence electrons. The number of hydrogen-bond acceptors (Lipinski definition) is 5. The Labute approximate surface area is 144 Å². The first-order valence-electron chi connectivity index (χ1n) is 6.98. The van der Waals surface area contributed by atoms with Crippen molar-refractivity contribution < 1.29 is 9.53 Å². The van der Waals surface area contributed by atoms with E-state index < -0.39 is 0 Å². The maximum atomic E-state index is 12.5. The van der Waals surface area contributed by atoms with Crippen molar-refractivity contribution in [3.63, 3.8) is 0 Å². The number of aromatic nitrogens is 2. The number of benzene rings is 1. The molecule has 2 rings (SSSR count). The Morgan fingerprint density at radius 3 is 2.83 bits per heavy atom. The second kappa shape index (κ2) is 7.66. The van der Waals surface area contributed by atoms with Gasteiger partial charge in [0.1, 0.15) is 5.75 Å². The summed E-state index contributed by atoms with van der Waals surface area (Å²) in [5.74, 6) is 0.380. The molecule has 0 spiro atoms. The summed E-state index contributed by atoms with van der Waals surface area (Å²) in [5.41, 5.74) is 2.16. The van der Waals surface area contributed by atoms with Crippen LogP contribution in [0.5, 0.6) is 5.75 Å². The molecule has 23 heavy (non-hydrogen) atoms. The third kappa shape index (κ3) is 4.14. The van der Waals surface area contributed by atoms with Crippen LogP contribution in [0.2, 0.25) is 5.02 Å². The minimum absolute atomic E-state index is 0.171. The number of aryl methyl sites for hydroxylation is 1. The molecule has 0 aliphatic carbocycles. The largest absolute Gasteiger partial charge is 0.496 e. The SMILES string of the molecule is COc1ccc(C)cc1C(C)NC(=O)c1nc(SC)ncc1Cl. The van der Waals surface area contributed by atoms with Crippen LogP contribution in [0.3, 0.4) is 0 Å². The molecule has 1 amide bonds. The van der Waals surface area contributed by atoms with Gasteiger partial charge >= 0.3 is 0 Å². The highest BCUT2D eigenvalue weighted by atomic mass is 35.5. The fraction of sp³-hybridized carbons (Fsp3) is 0.312. The van der Waals surface area contributed by atoms with Gasteiger partial charge < -0.3 is 10.1 Å². The molecule has 0 saturated heterocycles. The predicted molar refractivity (Wildman–Crippen MR) is 92.4 cm³/mol. The van der Waals surface area contributed by atoms with E-state index in [0.29, 0.717) is 5.16 Å². The lowest BCUT2D eigenvalue weighted by atomic mass is 10.0. The Morgan fingerprint density at radius 1 is 1.43 bits per heavy atom. The lowest BCUT2D eigenvalue weighted by Crippen LogP contribution is -2.28. The molecule has 1 aromatic carbocycles. The van der Waals surface area contributed by atoms with Gasteiger partial charge in [0, 0.05) is 5.56 Å². The van der Waals surface area contributed by atoms with Crippen molar-refractivity contribution in [1.82, 2.24) is 15.3 Å². The maximum absolute atomic E-state index is 12.5. The molecule has 1 heterocycles. The number of rotatable bonds is 5. The van der Waals surface area contributed by atoms with Crippen molar-refractivity contribution in [3.05, 3.63) is 46.2 Å². The number of methoxy groups -OCH3 is 1. The Balaban J connectivity index is 2.25. The molecule has 0 bridgehead atoms. The van der Waals surface area contributed by atoms with E-state index in [1.54, 1.807) is 7.11 Å². The topological polar surface area (TPSA) is 64.1 Å². The van der Waals surface area contributed by atoms with Crippen LogP contribution < -0.4 is 10.1 Å². The van der Waals surface area contributed by atoms with Gasteiger partial charge in [-0.15, -0.1) is 0 Å². The molecule has 1 atom stereocenters. The summed E-state index contributed by atoms with van der Waals surface area (Å²) in [4.78, 5) is 20.7. The number of amides is 1. The Hall–Kier alpha value is -1.79. The zero-order valence-corrected chi connectivity index (χ0v) is 15.0. The van der Waals surface area contributed by atoms with Gasteiger partial charge in [-0.05, 0) is 26.2 Å². The van der Waals surface area contributed by atoms with Crippen molar-refractivity contribution in [2.24, 2.45) is 0 Å². The van der Waals surface area contributed by atoms with Crippen molar-refractivity contribution in [3.8, 4) is 5.75 Å². The zero-order chi connectivity index (χ0) is 17.0. The highest BCUT2D eigenvalue weighted by Gasteiger charge is 2.19. The normalized spacial score (nSPS) is 11.9. The summed E-state index contributed by atoms with van der Waals surface area (Å²) >= 11 is 7.39. The number of thioether (sulfide) groups is 1. The Kier molecular flexibility index (Phi) is 5.85. The van der Waals surface area contributed by atoms with E-state index in [0.717, 1.165) is 16.9 Å². The van der Waals surface area contributed by atoms with Gasteiger partial charge in [-0.3, -0.25) is 4.79 Å². The third-order valence-corrected chi connectivity index (χ3v) is 4.16. The van der Waals surface area contributed by atoms with E-state index in [1.165, 1.54) is 18.0 Å². The van der Waals surface area contributed by atoms with Crippen LogP contribution >= 0.6 is 23.4 Å². The standard InChI is InChI=1S/C16H18ClN3O2S/c1-9-5-6-13(22-3)11(7-9)10(2)19-15(21)14-12(17)8-18-16(20-14)23-4/h5-8,10H,1-4H3,(H,19,21). The first kappa shape index (κ1) is 17.6. The second-order valence-corrected chi connectivity index (χ2v) is 6.17. The maximum Gasteiger partial charge on any atom is 0.272 e. The molecule has 5 nitrogen and oxygen atoms in total. The molecule has 0 aliphatic rings. The van der Waals surface area contributed by atoms with Gasteiger partial charge in [0.25, 0.3) is 5.91 Å². The highest BCUT2D eigenvalue weighted by Crippen LogP contribution is 2.26. The van der Waals surface area contributed by atoms with Crippen LogP contribution in [-0.4, -0.2) is 29.2 Å². The van der Waals surface area contributed by atoms with Crippen LogP contribution in [0.4, 0.5) is 0 Å². The lowest BCUT2D eigenvalue weighted by molar-refractivity contribution is 0.0933. The first-order valence-corrected chi connectivity index (χ1v) is 8.58. The molecular weight excluding hydrogens is 334 g/mol. The van der Waals surface area contributed by atoms with Crippen LogP contribution in [0.1, 0.15) is 34.6 Å². The first-order chi connectivity index (χ1) is 11.0. The summed E-state index contributed by atoms with van der Waals surface area (Å²) in [6, 6.07) is 5.58. The molecule has 0 aliphatic heterocycles. The van der Waals surface area contributed by atoms with Gasteiger partial charge in [-0.2, -0.15) is 0 Å². The lowest BCUT2D eigenvalue weighted by Gasteiger charge is -2.18. The molecule has 1 N–H and O–H groups in total. The molecule has 7 heteroatoms. The second-order valence-electron chi connectivity index (χ2n) is 4.99. The quantitative estimate of drug-likeness (QED) is 0.658. The van der Waals surface area contributed by atoms with E-state index in [-0.39, 0.29) is 22.7 Å². The van der Waals surface area contributed by atoms with Crippen LogP contribution in [0.15, 0.2) is 29.6 Å². The summed E-state index contributed by atoms with van der Waals surface area (Å²) in [6.45, 7) is 3.88. The van der Waals surface area contributed by atoms with Gasteiger partial charge in [0.15, 0.2) is 10.9 Å². The van der Waals surface area contributed by atoms with E-state index in [9.17, 15) is 4.79 Å². The van der Waals surface area contributed by atoms with Crippen LogP contribution in [0.25, 0.3) is 0 Å². The number of carbonyl (C=O) groups excluding carboxylic acids is 1. The molecule has 0 saturated carbocycles. The Bertz CT molecular complexity index is 724. The van der Waals surface area contributed by atoms with Crippen molar-refractivity contribution in [1.29, 1.82) is 0 Å². The number of hydrogen-bond donors (Lipinski definition) is 1.